The van der Waals surface area contributed by atoms with Gasteiger partial charge in [0.25, 0.3) is 5.91 Å². The molecule has 1 aliphatic heterocycles. The van der Waals surface area contributed by atoms with Crippen molar-refractivity contribution in [3.63, 3.8) is 0 Å². The lowest BCUT2D eigenvalue weighted by molar-refractivity contribution is -0.182. The lowest BCUT2D eigenvalue weighted by Crippen LogP contribution is -2.51. The van der Waals surface area contributed by atoms with Crippen molar-refractivity contribution in [3.8, 4) is 0 Å². The van der Waals surface area contributed by atoms with Crippen LogP contribution in [-0.4, -0.2) is 43.1 Å². The minimum Gasteiger partial charge on any atom is -0.447 e. The van der Waals surface area contributed by atoms with Crippen LogP contribution in [0.25, 0.3) is 0 Å². The van der Waals surface area contributed by atoms with Crippen molar-refractivity contribution < 1.29 is 19.1 Å². The van der Waals surface area contributed by atoms with Gasteiger partial charge in [0.2, 0.25) is 6.10 Å². The molecule has 4 bridgehead atoms. The van der Waals surface area contributed by atoms with E-state index in [9.17, 15) is 9.59 Å². The number of esters is 1. The predicted molar refractivity (Wildman–Crippen MR) is 103 cm³/mol. The topological polar surface area (TPSA) is 55.8 Å². The molecule has 1 aromatic rings. The molecule has 5 aliphatic rings. The number of carbonyl (C=O) groups is 2. The van der Waals surface area contributed by atoms with Crippen LogP contribution in [0.3, 0.4) is 0 Å². The van der Waals surface area contributed by atoms with Gasteiger partial charge in [-0.15, -0.1) is 0 Å². The van der Waals surface area contributed by atoms with Crippen LogP contribution in [0.15, 0.2) is 30.3 Å². The molecule has 1 atom stereocenters. The van der Waals surface area contributed by atoms with E-state index in [-0.39, 0.29) is 17.3 Å². The third kappa shape index (κ3) is 3.24. The lowest BCUT2D eigenvalue weighted by Gasteiger charge is -2.55. The molecule has 1 heterocycles. The highest BCUT2D eigenvalue weighted by atomic mass is 16.6. The molecule has 0 N–H and O–H groups in total. The number of carbonyl (C=O) groups excluding carboxylic acids is 2. The van der Waals surface area contributed by atoms with Crippen molar-refractivity contribution in [2.75, 3.05) is 26.3 Å². The van der Waals surface area contributed by atoms with Gasteiger partial charge in [0.15, 0.2) is 0 Å². The van der Waals surface area contributed by atoms with Crippen LogP contribution in [0, 0.1) is 23.2 Å². The van der Waals surface area contributed by atoms with Crippen LogP contribution in [0.5, 0.6) is 0 Å². The zero-order valence-electron chi connectivity index (χ0n) is 16.3. The van der Waals surface area contributed by atoms with Gasteiger partial charge in [-0.05, 0) is 56.3 Å². The zero-order chi connectivity index (χ0) is 19.1. The Morgan fingerprint density at radius 3 is 2.11 bits per heavy atom. The van der Waals surface area contributed by atoms with Crippen molar-refractivity contribution in [1.29, 1.82) is 0 Å². The summed E-state index contributed by atoms with van der Waals surface area (Å²) in [6, 6.07) is 9.48. The molecule has 1 saturated heterocycles. The molecule has 0 aromatic heterocycles. The standard InChI is InChI=1S/C23H29NO4/c25-21(24-6-8-27-9-7-24)20(19-4-2-1-3-5-19)28-22(26)23-13-16-10-17(14-23)12-18(11-16)15-23/h1-5,16-18,20H,6-15H2/t16?,17?,18?,20-,23?/m0/s1. The maximum absolute atomic E-state index is 13.4. The summed E-state index contributed by atoms with van der Waals surface area (Å²) < 4.78 is 11.4. The Morgan fingerprint density at radius 1 is 0.964 bits per heavy atom. The fourth-order valence-corrected chi connectivity index (χ4v) is 6.43. The maximum Gasteiger partial charge on any atom is 0.313 e. The molecular weight excluding hydrogens is 354 g/mol. The molecule has 4 saturated carbocycles. The van der Waals surface area contributed by atoms with E-state index in [1.165, 1.54) is 19.3 Å². The summed E-state index contributed by atoms with van der Waals surface area (Å²) in [5, 5.41) is 0. The van der Waals surface area contributed by atoms with E-state index < -0.39 is 6.10 Å². The second-order valence-electron chi connectivity index (χ2n) is 9.33. The average molecular weight is 383 g/mol. The molecule has 1 amide bonds. The van der Waals surface area contributed by atoms with Crippen molar-refractivity contribution in [2.24, 2.45) is 23.2 Å². The summed E-state index contributed by atoms with van der Waals surface area (Å²) in [6.07, 6.45) is 5.84. The van der Waals surface area contributed by atoms with Gasteiger partial charge in [0.1, 0.15) is 0 Å². The van der Waals surface area contributed by atoms with Crippen molar-refractivity contribution >= 4 is 11.9 Å². The monoisotopic (exact) mass is 383 g/mol. The Labute approximate surface area is 166 Å². The molecule has 5 nitrogen and oxygen atoms in total. The van der Waals surface area contributed by atoms with E-state index in [1.807, 2.05) is 30.3 Å². The summed E-state index contributed by atoms with van der Waals surface area (Å²) in [5.41, 5.74) is 0.407. The number of ether oxygens (including phenoxy) is 2. The van der Waals surface area contributed by atoms with Crippen molar-refractivity contribution in [1.82, 2.24) is 4.90 Å². The smallest absolute Gasteiger partial charge is 0.313 e. The molecule has 0 spiro atoms. The Bertz CT molecular complexity index is 705. The highest BCUT2D eigenvalue weighted by Crippen LogP contribution is 2.60. The first-order valence-corrected chi connectivity index (χ1v) is 10.8. The van der Waals surface area contributed by atoms with Crippen LogP contribution in [0.2, 0.25) is 0 Å². The molecule has 0 radical (unpaired) electrons. The highest BCUT2D eigenvalue weighted by molar-refractivity contribution is 5.86. The first-order chi connectivity index (χ1) is 13.6. The number of benzene rings is 1. The quantitative estimate of drug-likeness (QED) is 0.749. The van der Waals surface area contributed by atoms with Crippen LogP contribution >= 0.6 is 0 Å². The number of amides is 1. The average Bonchev–Trinajstić information content (AvgIpc) is 2.71. The number of rotatable bonds is 4. The van der Waals surface area contributed by atoms with Gasteiger partial charge in [-0.1, -0.05) is 30.3 Å². The fourth-order valence-electron chi connectivity index (χ4n) is 6.43. The lowest BCUT2D eigenvalue weighted by atomic mass is 9.49. The molecule has 0 unspecified atom stereocenters. The van der Waals surface area contributed by atoms with E-state index in [2.05, 4.69) is 0 Å². The molecular formula is C23H29NO4. The van der Waals surface area contributed by atoms with Gasteiger partial charge >= 0.3 is 5.97 Å². The summed E-state index contributed by atoms with van der Waals surface area (Å²) in [4.78, 5) is 28.5. The highest BCUT2D eigenvalue weighted by Gasteiger charge is 2.56. The first kappa shape index (κ1) is 18.2. The van der Waals surface area contributed by atoms with Gasteiger partial charge in [0.05, 0.1) is 18.6 Å². The van der Waals surface area contributed by atoms with E-state index in [0.29, 0.717) is 44.1 Å². The van der Waals surface area contributed by atoms with Gasteiger partial charge < -0.3 is 14.4 Å². The largest absolute Gasteiger partial charge is 0.447 e. The first-order valence-electron chi connectivity index (χ1n) is 10.8. The number of hydrogen-bond acceptors (Lipinski definition) is 4. The third-order valence-corrected chi connectivity index (χ3v) is 7.35. The third-order valence-electron chi connectivity index (χ3n) is 7.35. The molecule has 150 valence electrons. The molecule has 5 fully saturated rings. The Morgan fingerprint density at radius 2 is 1.54 bits per heavy atom. The second kappa shape index (κ2) is 7.18. The van der Waals surface area contributed by atoms with Crippen molar-refractivity contribution in [2.45, 2.75) is 44.6 Å². The van der Waals surface area contributed by atoms with Gasteiger partial charge in [-0.2, -0.15) is 0 Å². The Hall–Kier alpha value is -1.88. The van der Waals surface area contributed by atoms with Crippen LogP contribution in [0.4, 0.5) is 0 Å². The molecule has 5 heteroatoms. The predicted octanol–water partition coefficient (Wildman–Crippen LogP) is 3.35. The maximum atomic E-state index is 13.4. The number of hydrogen-bond donors (Lipinski definition) is 0. The molecule has 6 rings (SSSR count). The molecule has 4 aliphatic carbocycles. The molecule has 28 heavy (non-hydrogen) atoms. The van der Waals surface area contributed by atoms with E-state index in [0.717, 1.165) is 24.8 Å². The van der Waals surface area contributed by atoms with Gasteiger partial charge in [0, 0.05) is 18.7 Å². The number of morpholine rings is 1. The minimum absolute atomic E-state index is 0.118. The Kier molecular flexibility index (Phi) is 4.66. The summed E-state index contributed by atoms with van der Waals surface area (Å²) in [5.74, 6) is 1.76. The van der Waals surface area contributed by atoms with Crippen LogP contribution in [-0.2, 0) is 19.1 Å². The normalized spacial score (nSPS) is 34.9. The number of nitrogens with zero attached hydrogens (tertiary/aromatic N) is 1. The minimum atomic E-state index is -0.847. The van der Waals surface area contributed by atoms with Crippen LogP contribution < -0.4 is 0 Å². The van der Waals surface area contributed by atoms with Crippen molar-refractivity contribution in [3.05, 3.63) is 35.9 Å². The zero-order valence-corrected chi connectivity index (χ0v) is 16.3. The summed E-state index contributed by atoms with van der Waals surface area (Å²) in [6.45, 7) is 2.18. The van der Waals surface area contributed by atoms with Gasteiger partial charge in [-0.25, -0.2) is 0 Å². The summed E-state index contributed by atoms with van der Waals surface area (Å²) >= 11 is 0. The van der Waals surface area contributed by atoms with Crippen LogP contribution in [0.1, 0.15) is 50.2 Å². The fraction of sp³-hybridized carbons (Fsp3) is 0.652. The second-order valence-corrected chi connectivity index (χ2v) is 9.33. The van der Waals surface area contributed by atoms with E-state index >= 15 is 0 Å². The SMILES string of the molecule is O=C([C@@H](OC(=O)C12CC3CC(CC(C3)C1)C2)c1ccccc1)N1CCOCC1. The Balaban J connectivity index is 1.38. The summed E-state index contributed by atoms with van der Waals surface area (Å²) in [7, 11) is 0. The molecule has 1 aromatic carbocycles. The van der Waals surface area contributed by atoms with Gasteiger partial charge in [-0.3, -0.25) is 9.59 Å². The van der Waals surface area contributed by atoms with E-state index in [4.69, 9.17) is 9.47 Å². The van der Waals surface area contributed by atoms with E-state index in [1.54, 1.807) is 4.90 Å².